The van der Waals surface area contributed by atoms with Crippen LogP contribution in [-0.2, 0) is 14.8 Å². The molecule has 1 rings (SSSR count). The molecule has 0 aromatic heterocycles. The molecule has 0 aliphatic rings. The van der Waals surface area contributed by atoms with Crippen LogP contribution in [0.4, 0.5) is 0 Å². The summed E-state index contributed by atoms with van der Waals surface area (Å²) in [5, 5.41) is 8.46. The fourth-order valence-corrected chi connectivity index (χ4v) is 2.65. The smallest absolute Gasteiger partial charge is 0.341 e. The molecule has 0 saturated carbocycles. The van der Waals surface area contributed by atoms with Crippen molar-refractivity contribution in [3.63, 3.8) is 0 Å². The third-order valence-corrected chi connectivity index (χ3v) is 3.88. The molecular formula is C13H15NO5S. The van der Waals surface area contributed by atoms with Crippen molar-refractivity contribution in [3.8, 4) is 18.1 Å². The van der Waals surface area contributed by atoms with Gasteiger partial charge in [-0.25, -0.2) is 17.9 Å². The predicted molar refractivity (Wildman–Crippen MR) is 72.8 cm³/mol. The van der Waals surface area contributed by atoms with Gasteiger partial charge in [-0.1, -0.05) is 0 Å². The summed E-state index contributed by atoms with van der Waals surface area (Å²) in [4.78, 5) is 10.4. The molecule has 0 radical (unpaired) electrons. The van der Waals surface area contributed by atoms with E-state index in [9.17, 15) is 13.2 Å². The summed E-state index contributed by atoms with van der Waals surface area (Å²) in [6, 6.07) is 5.09. The number of hydrogen-bond donors (Lipinski definition) is 2. The Kier molecular flexibility index (Phi) is 5.55. The molecule has 1 atom stereocenters. The Bertz CT molecular complexity index is 601. The molecule has 0 fully saturated rings. The molecule has 0 bridgehead atoms. The summed E-state index contributed by atoms with van der Waals surface area (Å²) in [6.07, 6.45) is 5.41. The van der Waals surface area contributed by atoms with E-state index in [0.29, 0.717) is 6.42 Å². The Hall–Kier alpha value is -2.04. The van der Waals surface area contributed by atoms with Crippen LogP contribution in [0.25, 0.3) is 0 Å². The van der Waals surface area contributed by atoms with Gasteiger partial charge in [0, 0.05) is 12.5 Å². The van der Waals surface area contributed by atoms with E-state index in [4.69, 9.17) is 16.3 Å². The van der Waals surface area contributed by atoms with Crippen LogP contribution < -0.4 is 9.46 Å². The number of carbonyl (C=O) groups is 1. The van der Waals surface area contributed by atoms with E-state index in [1.165, 1.54) is 24.3 Å². The molecule has 6 nitrogen and oxygen atoms in total. The number of benzene rings is 1. The van der Waals surface area contributed by atoms with E-state index >= 15 is 0 Å². The zero-order valence-electron chi connectivity index (χ0n) is 10.9. The summed E-state index contributed by atoms with van der Waals surface area (Å²) < 4.78 is 31.3. The SMILES string of the molecule is C#CCC(C)NS(=O)(=O)c1ccc(OCC(=O)O)cc1. The van der Waals surface area contributed by atoms with Gasteiger partial charge in [0.1, 0.15) is 5.75 Å². The van der Waals surface area contributed by atoms with Gasteiger partial charge in [0.2, 0.25) is 10.0 Å². The van der Waals surface area contributed by atoms with Gasteiger partial charge in [-0.2, -0.15) is 0 Å². The fraction of sp³-hybridized carbons (Fsp3) is 0.308. The summed E-state index contributed by atoms with van der Waals surface area (Å²) in [5.41, 5.74) is 0. The number of terminal acetylenes is 1. The zero-order chi connectivity index (χ0) is 15.2. The molecule has 0 heterocycles. The minimum absolute atomic E-state index is 0.0593. The molecule has 0 saturated heterocycles. The minimum atomic E-state index is -3.65. The number of aliphatic carboxylic acids is 1. The van der Waals surface area contributed by atoms with Crippen LogP contribution in [0.3, 0.4) is 0 Å². The van der Waals surface area contributed by atoms with Gasteiger partial charge >= 0.3 is 5.97 Å². The van der Waals surface area contributed by atoms with Crippen molar-refractivity contribution >= 4 is 16.0 Å². The highest BCUT2D eigenvalue weighted by molar-refractivity contribution is 7.89. The van der Waals surface area contributed by atoms with Gasteiger partial charge in [0.05, 0.1) is 4.90 Å². The summed E-state index contributed by atoms with van der Waals surface area (Å²) >= 11 is 0. The Morgan fingerprint density at radius 2 is 2.05 bits per heavy atom. The fourth-order valence-electron chi connectivity index (χ4n) is 1.41. The second kappa shape index (κ2) is 6.93. The van der Waals surface area contributed by atoms with Crippen molar-refractivity contribution in [2.24, 2.45) is 0 Å². The number of rotatable bonds is 7. The largest absolute Gasteiger partial charge is 0.482 e. The highest BCUT2D eigenvalue weighted by atomic mass is 32.2. The average Bonchev–Trinajstić information content (AvgIpc) is 2.36. The van der Waals surface area contributed by atoms with Crippen LogP contribution in [0, 0.1) is 12.3 Å². The molecule has 0 amide bonds. The topological polar surface area (TPSA) is 92.7 Å². The molecular weight excluding hydrogens is 282 g/mol. The molecule has 0 aliphatic heterocycles. The van der Waals surface area contributed by atoms with Crippen molar-refractivity contribution in [3.05, 3.63) is 24.3 Å². The first-order valence-electron chi connectivity index (χ1n) is 5.75. The Labute approximate surface area is 117 Å². The maximum Gasteiger partial charge on any atom is 0.341 e. The van der Waals surface area contributed by atoms with Gasteiger partial charge in [0.25, 0.3) is 0 Å². The van der Waals surface area contributed by atoms with E-state index in [0.717, 1.165) is 0 Å². The van der Waals surface area contributed by atoms with Gasteiger partial charge in [-0.05, 0) is 31.2 Å². The summed E-state index contributed by atoms with van der Waals surface area (Å²) in [7, 11) is -3.65. The van der Waals surface area contributed by atoms with Crippen molar-refractivity contribution < 1.29 is 23.1 Å². The van der Waals surface area contributed by atoms with Crippen LogP contribution in [0.1, 0.15) is 13.3 Å². The number of carboxylic acids is 1. The normalized spacial score (nSPS) is 12.4. The molecule has 0 spiro atoms. The lowest BCUT2D eigenvalue weighted by molar-refractivity contribution is -0.139. The van der Waals surface area contributed by atoms with Gasteiger partial charge in [0.15, 0.2) is 6.61 Å². The number of carboxylic acid groups (broad SMARTS) is 1. The van der Waals surface area contributed by atoms with Crippen LogP contribution in [0.5, 0.6) is 5.75 Å². The van der Waals surface area contributed by atoms with Gasteiger partial charge < -0.3 is 9.84 Å². The van der Waals surface area contributed by atoms with E-state index in [1.54, 1.807) is 6.92 Å². The molecule has 0 aliphatic carbocycles. The third-order valence-electron chi connectivity index (χ3n) is 2.28. The van der Waals surface area contributed by atoms with Crippen molar-refractivity contribution in [1.29, 1.82) is 0 Å². The van der Waals surface area contributed by atoms with E-state index in [-0.39, 0.29) is 16.7 Å². The van der Waals surface area contributed by atoms with E-state index in [1.807, 2.05) is 0 Å². The van der Waals surface area contributed by atoms with Gasteiger partial charge in [-0.15, -0.1) is 12.3 Å². The average molecular weight is 297 g/mol. The first kappa shape index (κ1) is 16.0. The Balaban J connectivity index is 2.77. The summed E-state index contributed by atoms with van der Waals surface area (Å²) in [6.45, 7) is 1.19. The molecule has 1 aromatic rings. The monoisotopic (exact) mass is 297 g/mol. The zero-order valence-corrected chi connectivity index (χ0v) is 11.7. The molecule has 1 unspecified atom stereocenters. The minimum Gasteiger partial charge on any atom is -0.482 e. The maximum absolute atomic E-state index is 12.0. The second-order valence-electron chi connectivity index (χ2n) is 4.08. The molecule has 7 heteroatoms. The Morgan fingerprint density at radius 1 is 1.45 bits per heavy atom. The van der Waals surface area contributed by atoms with Crippen molar-refractivity contribution in [2.45, 2.75) is 24.3 Å². The Morgan fingerprint density at radius 3 is 2.55 bits per heavy atom. The van der Waals surface area contributed by atoms with Crippen molar-refractivity contribution in [2.75, 3.05) is 6.61 Å². The lowest BCUT2D eigenvalue weighted by Gasteiger charge is -2.12. The summed E-state index contributed by atoms with van der Waals surface area (Å²) in [5.74, 6) is 1.55. The highest BCUT2D eigenvalue weighted by Crippen LogP contribution is 2.16. The number of ether oxygens (including phenoxy) is 1. The lowest BCUT2D eigenvalue weighted by atomic mass is 10.3. The first-order chi connectivity index (χ1) is 9.35. The quantitative estimate of drug-likeness (QED) is 0.728. The van der Waals surface area contributed by atoms with E-state index < -0.39 is 22.6 Å². The van der Waals surface area contributed by atoms with Crippen LogP contribution in [0.15, 0.2) is 29.2 Å². The molecule has 20 heavy (non-hydrogen) atoms. The second-order valence-corrected chi connectivity index (χ2v) is 5.80. The predicted octanol–water partition coefficient (Wildman–Crippen LogP) is 0.840. The number of hydrogen-bond acceptors (Lipinski definition) is 4. The standard InChI is InChI=1S/C13H15NO5S/c1-3-4-10(2)14-20(17,18)12-7-5-11(6-8-12)19-9-13(15)16/h1,5-8,10,14H,4,9H2,2H3,(H,15,16). The maximum atomic E-state index is 12.0. The van der Waals surface area contributed by atoms with Crippen LogP contribution >= 0.6 is 0 Å². The van der Waals surface area contributed by atoms with Gasteiger partial charge in [-0.3, -0.25) is 0 Å². The van der Waals surface area contributed by atoms with Crippen LogP contribution in [-0.4, -0.2) is 32.1 Å². The lowest BCUT2D eigenvalue weighted by Crippen LogP contribution is -2.32. The number of nitrogens with one attached hydrogen (secondary N) is 1. The molecule has 1 aromatic carbocycles. The number of sulfonamides is 1. The van der Waals surface area contributed by atoms with Crippen molar-refractivity contribution in [1.82, 2.24) is 4.72 Å². The third kappa shape index (κ3) is 4.91. The molecule has 2 N–H and O–H groups in total. The van der Waals surface area contributed by atoms with Crippen LogP contribution in [0.2, 0.25) is 0 Å². The first-order valence-corrected chi connectivity index (χ1v) is 7.24. The molecule has 108 valence electrons. The highest BCUT2D eigenvalue weighted by Gasteiger charge is 2.16. The van der Waals surface area contributed by atoms with E-state index in [2.05, 4.69) is 10.6 Å².